The summed E-state index contributed by atoms with van der Waals surface area (Å²) < 4.78 is 42.1. The van der Waals surface area contributed by atoms with Crippen LogP contribution < -0.4 is 81.0 Å². The van der Waals surface area contributed by atoms with Crippen LogP contribution in [0.5, 0.6) is 11.5 Å². The zero-order valence-corrected chi connectivity index (χ0v) is 79.0. The van der Waals surface area contributed by atoms with E-state index in [4.69, 9.17) is 17.2 Å². The number of phenolic OH excluding ortho intramolecular Hbond substituents is 2. The van der Waals surface area contributed by atoms with E-state index in [2.05, 4.69) is 89.1 Å². The van der Waals surface area contributed by atoms with E-state index in [0.29, 0.717) is 78.9 Å². The molecule has 0 aliphatic heterocycles. The third kappa shape index (κ3) is 29.6. The first-order chi connectivity index (χ1) is 67.9. The summed E-state index contributed by atoms with van der Waals surface area (Å²) in [5.41, 5.74) is 16.7. The smallest absolute Gasteiger partial charge is 0.416 e. The second-order valence-electron chi connectivity index (χ2n) is 36.0. The number of H-pyrrole nitrogens is 3. The molecule has 14 amide bonds. The lowest BCUT2D eigenvalue weighted by molar-refractivity contribution is -0.139. The summed E-state index contributed by atoms with van der Waals surface area (Å²) in [6.45, 7) is 7.98. The molecule has 0 saturated carbocycles. The average molecular weight is 1970 g/mol. The second kappa shape index (κ2) is 48.5. The molecule has 40 nitrogen and oxygen atoms in total. The van der Waals surface area contributed by atoms with Gasteiger partial charge >= 0.3 is 12.1 Å². The first kappa shape index (κ1) is 107. The van der Waals surface area contributed by atoms with Crippen LogP contribution in [0.1, 0.15) is 125 Å². The average Bonchev–Trinajstić information content (AvgIpc) is 1.69. The predicted octanol–water partition coefficient (Wildman–Crippen LogP) is 3.38. The number of alkyl halides is 3. The third-order valence-electron chi connectivity index (χ3n) is 24.2. The van der Waals surface area contributed by atoms with E-state index in [-0.39, 0.29) is 61.4 Å². The number of rotatable bonds is 50. The Morgan fingerprint density at radius 1 is 0.420 bits per heavy atom. The number of nitrogens with zero attached hydrogens (tertiary/aromatic N) is 3. The van der Waals surface area contributed by atoms with Crippen molar-refractivity contribution in [3.63, 3.8) is 0 Å². The Labute approximate surface area is 817 Å². The minimum atomic E-state index is -4.68. The van der Waals surface area contributed by atoms with Crippen LogP contribution in [0.15, 0.2) is 201 Å². The number of halogens is 3. The van der Waals surface area contributed by atoms with Crippen molar-refractivity contribution >= 4 is 121 Å². The lowest BCUT2D eigenvalue weighted by Gasteiger charge is -2.31. The molecular formula is C100H116F3N21O19. The highest BCUT2D eigenvalue weighted by Gasteiger charge is 2.43. The summed E-state index contributed by atoms with van der Waals surface area (Å²) in [6.07, 6.45) is -3.96. The number of benzene rings is 7. The highest BCUT2D eigenvalue weighted by atomic mass is 19.4. The van der Waals surface area contributed by atoms with Crippen molar-refractivity contribution in [1.29, 1.82) is 0 Å². The number of amides is 14. The van der Waals surface area contributed by atoms with Gasteiger partial charge in [-0.3, -0.25) is 71.9 Å². The quantitative estimate of drug-likeness (QED) is 0.0243. The molecule has 4 aromatic heterocycles. The number of carbonyl (C=O) groups excluding carboxylic acids is 14. The number of phenols is 2. The van der Waals surface area contributed by atoms with Gasteiger partial charge in [0, 0.05) is 108 Å². The number of nitrogens with two attached hydrogens (primary N) is 3. The standard InChI is InChI=1S/C100H116F3N21O19/c1-54(110-97(143)99(5,6)124-53-81(122-123-124)59-21-18-22-63(46-59)100(101,102)103)86(132)112-73(38-40-82(105)128)87(133)117-79(48-61-51-108-70-27-14-11-24-67(61)70)92(138)118-80(49-62-52-109-71-28-15-12-25-68(62)71)94(140)121-98(3,4)96(142)119-77(45-58-32-36-65(127)37-33-58)90(136)114-75(44-57-30-34-64(126)35-31-57)89(135)115-76(43-56-19-8-7-9-20-56)93(139)120-84(55(2)125)95(141)113-74(39-41-83(129)130)88(134)116-78(47-60-50-107-69-26-13-10-23-66(60)69)91(137)111-72(85(106)131)29-16-17-42-104/h7-15,18-28,30-37,46,50-55,72-80,84,107-109,125-127H,16-17,29,38-45,47-49,104H2,1-6H3,(H2,105,128)(H2,106,131)(H,110,143)(H,111,137)(H,112,132)(H,113,141)(H,114,136)(H,115,135)(H,116,134)(H,117,133)(H,118,138)(H,119,142)(H,120,139)(H,121,140)(H,129,130)/t54-,55+,72-,73-,74-,75-,76-,77-,78-,79-,80-,84-/m0/s1. The van der Waals surface area contributed by atoms with Gasteiger partial charge in [0.05, 0.1) is 17.9 Å². The van der Waals surface area contributed by atoms with Gasteiger partial charge in [-0.15, -0.1) is 5.10 Å². The molecule has 756 valence electrons. The monoisotopic (exact) mass is 1970 g/mol. The summed E-state index contributed by atoms with van der Waals surface area (Å²) >= 11 is 0. The number of unbranched alkanes of at least 4 members (excludes halogenated alkanes) is 1. The molecule has 7 aromatic carbocycles. The molecule has 11 rings (SSSR count). The van der Waals surface area contributed by atoms with E-state index in [1.807, 2.05) is 0 Å². The molecule has 4 heterocycles. The molecule has 12 atom stereocenters. The van der Waals surface area contributed by atoms with Crippen molar-refractivity contribution in [1.82, 2.24) is 93.7 Å². The number of hydrogen-bond acceptors (Lipinski definition) is 21. The number of carboxylic acids is 1. The number of nitrogens with one attached hydrogen (secondary N) is 15. The van der Waals surface area contributed by atoms with Gasteiger partial charge in [0.15, 0.2) is 0 Å². The maximum absolute atomic E-state index is 15.6. The van der Waals surface area contributed by atoms with Crippen molar-refractivity contribution < 1.29 is 106 Å². The van der Waals surface area contributed by atoms with E-state index in [1.54, 1.807) is 122 Å². The molecule has 0 radical (unpaired) electrons. The number of aromatic hydroxyl groups is 2. The molecule has 11 aromatic rings. The topological polar surface area (TPSA) is 637 Å². The minimum absolute atomic E-state index is 0.0169. The number of fused-ring (bicyclic) bond motifs is 3. The summed E-state index contributed by atoms with van der Waals surface area (Å²) in [5.74, 6) is -16.1. The van der Waals surface area contributed by atoms with Crippen LogP contribution in [0.25, 0.3) is 44.0 Å². The van der Waals surface area contributed by atoms with Crippen LogP contribution >= 0.6 is 0 Å². The van der Waals surface area contributed by atoms with Gasteiger partial charge in [-0.05, 0) is 168 Å². The fraction of sp³-hybridized carbons (Fsp3) is 0.350. The second-order valence-corrected chi connectivity index (χ2v) is 36.0. The Kier molecular flexibility index (Phi) is 36.3. The number of primary amides is 2. The van der Waals surface area contributed by atoms with Crippen LogP contribution in [-0.4, -0.2) is 224 Å². The number of aromatic amines is 3. The summed E-state index contributed by atoms with van der Waals surface area (Å²) in [5, 5.41) is 83.5. The largest absolute Gasteiger partial charge is 0.508 e. The van der Waals surface area contributed by atoms with E-state index in [0.717, 1.165) is 23.7 Å². The normalized spacial score (nSPS) is 14.2. The number of carbonyl (C=O) groups is 15. The Morgan fingerprint density at radius 2 is 0.818 bits per heavy atom. The predicted molar refractivity (Wildman–Crippen MR) is 518 cm³/mol. The molecule has 25 N–H and O–H groups in total. The Balaban J connectivity index is 0.838. The van der Waals surface area contributed by atoms with Crippen molar-refractivity contribution in [3.8, 4) is 22.8 Å². The maximum atomic E-state index is 15.6. The number of aromatic nitrogens is 6. The zero-order chi connectivity index (χ0) is 104. The molecular weight excluding hydrogens is 1860 g/mol. The van der Waals surface area contributed by atoms with Gasteiger partial charge in [-0.25, -0.2) is 4.68 Å². The highest BCUT2D eigenvalue weighted by molar-refractivity contribution is 6.02. The molecule has 0 bridgehead atoms. The van der Waals surface area contributed by atoms with Crippen molar-refractivity contribution in [2.75, 3.05) is 6.54 Å². The van der Waals surface area contributed by atoms with Crippen LogP contribution in [0.2, 0.25) is 0 Å². The summed E-state index contributed by atoms with van der Waals surface area (Å²) in [6, 6.07) is 25.9. The van der Waals surface area contributed by atoms with Gasteiger partial charge in [0.2, 0.25) is 82.7 Å². The van der Waals surface area contributed by atoms with Crippen molar-refractivity contribution in [3.05, 3.63) is 240 Å². The fourth-order valence-electron chi connectivity index (χ4n) is 16.0. The molecule has 0 saturated heterocycles. The number of aliphatic hydroxyl groups excluding tert-OH is 1. The first-order valence-electron chi connectivity index (χ1n) is 46.1. The number of aliphatic carboxylic acids is 1. The van der Waals surface area contributed by atoms with Gasteiger partial charge < -0.3 is 116 Å². The Hall–Kier alpha value is -16.3. The lowest BCUT2D eigenvalue weighted by Crippen LogP contribution is -2.64. The van der Waals surface area contributed by atoms with Gasteiger partial charge in [0.1, 0.15) is 94.7 Å². The summed E-state index contributed by atoms with van der Waals surface area (Å²) in [4.78, 5) is 226. The van der Waals surface area contributed by atoms with Crippen LogP contribution in [0.4, 0.5) is 13.2 Å². The van der Waals surface area contributed by atoms with Crippen molar-refractivity contribution in [2.45, 2.75) is 215 Å². The van der Waals surface area contributed by atoms with Gasteiger partial charge in [-0.2, -0.15) is 13.2 Å². The van der Waals surface area contributed by atoms with Gasteiger partial charge in [-0.1, -0.05) is 127 Å². The molecule has 0 fully saturated rings. The van der Waals surface area contributed by atoms with E-state index in [1.165, 1.54) is 101 Å². The Bertz CT molecular complexity index is 6420. The minimum Gasteiger partial charge on any atom is -0.508 e. The SMILES string of the molecule is C[C@H](NC(=O)C(C)(C)n1cc(-c2cccc(C(F)(F)F)c2)nn1)C(=O)N[C@@H](CCC(N)=O)C(=O)N[C@@H](Cc1c[nH]c2ccccc12)C(=O)N[C@@H](Cc1c[nH]c2ccccc12)C(=O)NC(C)(C)C(=O)N[C@@H](Cc1ccc(O)cc1)C(=O)N[C@@H](Cc1ccc(O)cc1)C(=O)N[C@@H](Cc1ccccc1)C(=O)N[C@H](C(=O)N[C@@H](CCC(=O)O)C(=O)N[C@@H](Cc1c[nH]c2ccccc12)C(=O)N[C@@H](CCCCN)C(N)=O)[C@@H](C)O. The number of para-hydroxylation sites is 3. The maximum Gasteiger partial charge on any atom is 0.416 e. The van der Waals surface area contributed by atoms with Gasteiger partial charge in [0.25, 0.3) is 0 Å². The van der Waals surface area contributed by atoms with Crippen molar-refractivity contribution in [2.24, 2.45) is 17.2 Å². The molecule has 0 spiro atoms. The van der Waals surface area contributed by atoms with Crippen LogP contribution in [-0.2, 0) is 122 Å². The molecule has 0 aliphatic carbocycles. The lowest BCUT2D eigenvalue weighted by atomic mass is 9.98. The van der Waals surface area contributed by atoms with E-state index in [9.17, 15) is 72.0 Å². The third-order valence-corrected chi connectivity index (χ3v) is 24.2. The Morgan fingerprint density at radius 3 is 1.26 bits per heavy atom. The number of aliphatic hydroxyl groups is 1. The summed E-state index contributed by atoms with van der Waals surface area (Å²) in [7, 11) is 0. The van der Waals surface area contributed by atoms with E-state index >= 15 is 33.6 Å². The van der Waals surface area contributed by atoms with Crippen LogP contribution in [0.3, 0.4) is 0 Å². The van der Waals surface area contributed by atoms with Crippen LogP contribution in [0, 0.1) is 0 Å². The molecule has 0 unspecified atom stereocenters. The van der Waals surface area contributed by atoms with E-state index < -0.39 is 223 Å². The number of carboxylic acid groups (broad SMARTS) is 1. The first-order valence-corrected chi connectivity index (χ1v) is 46.1. The molecule has 43 heteroatoms. The number of hydrogen-bond donors (Lipinski definition) is 22. The molecule has 0 aliphatic rings. The fourth-order valence-corrected chi connectivity index (χ4v) is 16.0. The molecule has 143 heavy (non-hydrogen) atoms. The highest BCUT2D eigenvalue weighted by Crippen LogP contribution is 2.33. The zero-order valence-electron chi connectivity index (χ0n) is 79.0.